The Morgan fingerprint density at radius 2 is 1.68 bits per heavy atom. The van der Waals surface area contributed by atoms with Crippen LogP contribution < -0.4 is 0 Å². The van der Waals surface area contributed by atoms with Crippen LogP contribution in [0.15, 0.2) is 59.5 Å². The summed E-state index contributed by atoms with van der Waals surface area (Å²) < 4.78 is 0. The molecule has 2 N–H and O–H groups in total. The molecule has 2 aromatic carbocycles. The van der Waals surface area contributed by atoms with Gasteiger partial charge in [0.15, 0.2) is 0 Å². The molecule has 19 heavy (non-hydrogen) atoms. The lowest BCUT2D eigenvalue weighted by Crippen LogP contribution is -2.02. The molecule has 98 valence electrons. The fourth-order valence-corrected chi connectivity index (χ4v) is 2.72. The van der Waals surface area contributed by atoms with Crippen molar-refractivity contribution >= 4 is 17.7 Å². The zero-order valence-electron chi connectivity index (χ0n) is 10.2. The summed E-state index contributed by atoms with van der Waals surface area (Å²) in [5.74, 6) is -0.522. The fraction of sp³-hybridized carbons (Fsp3) is 0.133. The molecule has 0 heterocycles. The summed E-state index contributed by atoms with van der Waals surface area (Å²) in [7, 11) is 0. The summed E-state index contributed by atoms with van der Waals surface area (Å²) in [6, 6.07) is 16.2. The molecule has 0 aliphatic rings. The molecule has 3 nitrogen and oxygen atoms in total. The van der Waals surface area contributed by atoms with Crippen molar-refractivity contribution in [3.8, 4) is 0 Å². The number of hydrogen-bond acceptors (Lipinski definition) is 3. The minimum absolute atomic E-state index is 0.271. The molecule has 0 spiro atoms. The number of aliphatic hydroxyl groups excluding tert-OH is 1. The number of rotatable bonds is 5. The molecule has 1 unspecified atom stereocenters. The number of benzene rings is 2. The van der Waals surface area contributed by atoms with Crippen LogP contribution in [0.5, 0.6) is 0 Å². The van der Waals surface area contributed by atoms with E-state index in [0.717, 1.165) is 5.56 Å². The van der Waals surface area contributed by atoms with Gasteiger partial charge in [0, 0.05) is 10.6 Å². The molecule has 0 bridgehead atoms. The molecule has 0 radical (unpaired) electrons. The number of thioether (sulfide) groups is 1. The first-order valence-corrected chi connectivity index (χ1v) is 6.85. The predicted octanol–water partition coefficient (Wildman–Crippen LogP) is 3.21. The average molecular weight is 274 g/mol. The number of hydrogen-bond donors (Lipinski definition) is 2. The van der Waals surface area contributed by atoms with Crippen LogP contribution >= 0.6 is 11.8 Å². The number of carboxylic acid groups (broad SMARTS) is 1. The Balaban J connectivity index is 2.05. The molecule has 0 aliphatic carbocycles. The first-order chi connectivity index (χ1) is 9.18. The minimum atomic E-state index is -0.947. The third kappa shape index (κ3) is 3.59. The second-order valence-electron chi connectivity index (χ2n) is 4.04. The van der Waals surface area contributed by atoms with Crippen molar-refractivity contribution in [1.29, 1.82) is 0 Å². The second-order valence-corrected chi connectivity index (χ2v) is 5.10. The molecule has 4 heteroatoms. The van der Waals surface area contributed by atoms with Gasteiger partial charge in [-0.3, -0.25) is 0 Å². The Bertz CT molecular complexity index is 554. The Morgan fingerprint density at radius 1 is 1.05 bits per heavy atom. The maximum Gasteiger partial charge on any atom is 0.336 e. The molecule has 0 saturated heterocycles. The van der Waals surface area contributed by atoms with Crippen molar-refractivity contribution in [2.75, 3.05) is 5.75 Å². The van der Waals surface area contributed by atoms with Gasteiger partial charge < -0.3 is 10.2 Å². The molecule has 0 saturated carbocycles. The van der Waals surface area contributed by atoms with Crippen LogP contribution in [0.2, 0.25) is 0 Å². The van der Waals surface area contributed by atoms with E-state index in [1.807, 2.05) is 30.3 Å². The highest BCUT2D eigenvalue weighted by Gasteiger charge is 2.12. The van der Waals surface area contributed by atoms with Gasteiger partial charge in [0.2, 0.25) is 0 Å². The van der Waals surface area contributed by atoms with Gasteiger partial charge in [-0.25, -0.2) is 4.79 Å². The summed E-state index contributed by atoms with van der Waals surface area (Å²) in [6.07, 6.45) is -0.604. The van der Waals surface area contributed by atoms with Gasteiger partial charge in [0.05, 0.1) is 11.7 Å². The van der Waals surface area contributed by atoms with Crippen molar-refractivity contribution in [1.82, 2.24) is 0 Å². The van der Waals surface area contributed by atoms with Crippen LogP contribution in [-0.4, -0.2) is 21.9 Å². The van der Waals surface area contributed by atoms with Crippen molar-refractivity contribution in [2.24, 2.45) is 0 Å². The van der Waals surface area contributed by atoms with Gasteiger partial charge in [0.1, 0.15) is 0 Å². The van der Waals surface area contributed by atoms with Crippen LogP contribution in [0, 0.1) is 0 Å². The van der Waals surface area contributed by atoms with E-state index in [0.29, 0.717) is 10.6 Å². The van der Waals surface area contributed by atoms with Crippen molar-refractivity contribution in [3.05, 3.63) is 65.7 Å². The van der Waals surface area contributed by atoms with Gasteiger partial charge in [0.25, 0.3) is 0 Å². The molecule has 1 atom stereocenters. The molecule has 2 rings (SSSR count). The molecular formula is C15H14O3S. The number of aromatic carboxylic acids is 1. The first-order valence-electron chi connectivity index (χ1n) is 5.86. The summed E-state index contributed by atoms with van der Waals surface area (Å²) in [5, 5.41) is 19.1. The zero-order chi connectivity index (χ0) is 13.7. The Kier molecular flexibility index (Phi) is 4.60. The maximum atomic E-state index is 11.1. The Hall–Kier alpha value is -1.78. The molecule has 0 aromatic heterocycles. The minimum Gasteiger partial charge on any atom is -0.478 e. The van der Waals surface area contributed by atoms with Crippen LogP contribution in [0.1, 0.15) is 22.0 Å². The quantitative estimate of drug-likeness (QED) is 0.822. The SMILES string of the molecule is O=C(O)c1ccccc1SCC(O)c1ccccc1. The number of carbonyl (C=O) groups is 1. The predicted molar refractivity (Wildman–Crippen MR) is 75.5 cm³/mol. The van der Waals surface area contributed by atoms with E-state index in [4.69, 9.17) is 5.11 Å². The van der Waals surface area contributed by atoms with Crippen molar-refractivity contribution < 1.29 is 15.0 Å². The molecule has 0 fully saturated rings. The lowest BCUT2D eigenvalue weighted by atomic mass is 10.1. The van der Waals surface area contributed by atoms with Crippen LogP contribution in [0.25, 0.3) is 0 Å². The van der Waals surface area contributed by atoms with E-state index in [-0.39, 0.29) is 5.56 Å². The van der Waals surface area contributed by atoms with Crippen molar-refractivity contribution in [2.45, 2.75) is 11.0 Å². The Morgan fingerprint density at radius 3 is 2.37 bits per heavy atom. The smallest absolute Gasteiger partial charge is 0.336 e. The van der Waals surface area contributed by atoms with Crippen LogP contribution in [-0.2, 0) is 0 Å². The van der Waals surface area contributed by atoms with Crippen LogP contribution in [0.4, 0.5) is 0 Å². The summed E-state index contributed by atoms with van der Waals surface area (Å²) >= 11 is 1.35. The van der Waals surface area contributed by atoms with E-state index in [1.54, 1.807) is 24.3 Å². The summed E-state index contributed by atoms with van der Waals surface area (Å²) in [6.45, 7) is 0. The monoisotopic (exact) mass is 274 g/mol. The summed E-state index contributed by atoms with van der Waals surface area (Å²) in [5.41, 5.74) is 1.11. The average Bonchev–Trinajstić information content (AvgIpc) is 2.46. The van der Waals surface area contributed by atoms with Gasteiger partial charge in [-0.1, -0.05) is 42.5 Å². The van der Waals surface area contributed by atoms with E-state index < -0.39 is 12.1 Å². The lowest BCUT2D eigenvalue weighted by Gasteiger charge is -2.11. The number of carboxylic acids is 1. The van der Waals surface area contributed by atoms with E-state index >= 15 is 0 Å². The van der Waals surface area contributed by atoms with Crippen molar-refractivity contribution in [3.63, 3.8) is 0 Å². The largest absolute Gasteiger partial charge is 0.478 e. The molecular weight excluding hydrogens is 260 g/mol. The summed E-state index contributed by atoms with van der Waals surface area (Å²) in [4.78, 5) is 11.7. The van der Waals surface area contributed by atoms with Crippen LogP contribution in [0.3, 0.4) is 0 Å². The third-order valence-electron chi connectivity index (χ3n) is 2.70. The van der Waals surface area contributed by atoms with Gasteiger partial charge in [-0.05, 0) is 17.7 Å². The zero-order valence-corrected chi connectivity index (χ0v) is 11.0. The Labute approximate surface area is 115 Å². The molecule has 0 amide bonds. The maximum absolute atomic E-state index is 11.1. The molecule has 2 aromatic rings. The van der Waals surface area contributed by atoms with Gasteiger partial charge >= 0.3 is 5.97 Å². The highest BCUT2D eigenvalue weighted by Crippen LogP contribution is 2.27. The number of aliphatic hydroxyl groups is 1. The van der Waals surface area contributed by atoms with Gasteiger partial charge in [-0.15, -0.1) is 11.8 Å². The third-order valence-corrected chi connectivity index (χ3v) is 3.85. The second kappa shape index (κ2) is 6.41. The van der Waals surface area contributed by atoms with E-state index in [1.165, 1.54) is 11.8 Å². The normalized spacial score (nSPS) is 12.1. The lowest BCUT2D eigenvalue weighted by molar-refractivity contribution is 0.0693. The first kappa shape index (κ1) is 13.6. The molecule has 0 aliphatic heterocycles. The highest BCUT2D eigenvalue weighted by atomic mass is 32.2. The van der Waals surface area contributed by atoms with Gasteiger partial charge in [-0.2, -0.15) is 0 Å². The van der Waals surface area contributed by atoms with E-state index in [9.17, 15) is 9.90 Å². The standard InChI is InChI=1S/C15H14O3S/c16-13(11-6-2-1-3-7-11)10-19-14-9-5-4-8-12(14)15(17)18/h1-9,13,16H,10H2,(H,17,18). The van der Waals surface area contributed by atoms with E-state index in [2.05, 4.69) is 0 Å². The fourth-order valence-electron chi connectivity index (χ4n) is 1.71. The highest BCUT2D eigenvalue weighted by molar-refractivity contribution is 7.99. The topological polar surface area (TPSA) is 57.5 Å².